The fourth-order valence-electron chi connectivity index (χ4n) is 2.81. The molecular formula is C18H22N2O. The van der Waals surface area contributed by atoms with Crippen LogP contribution in [0.5, 0.6) is 5.75 Å². The molecule has 0 amide bonds. The third kappa shape index (κ3) is 4.05. The summed E-state index contributed by atoms with van der Waals surface area (Å²) in [6.07, 6.45) is 6.27. The summed E-state index contributed by atoms with van der Waals surface area (Å²) in [5.41, 5.74) is 2.59. The monoisotopic (exact) mass is 282 g/mol. The molecule has 0 bridgehead atoms. The first-order valence-electron chi connectivity index (χ1n) is 7.64. The molecule has 1 aliphatic heterocycles. The van der Waals surface area contributed by atoms with Crippen LogP contribution in [0.3, 0.4) is 0 Å². The average Bonchev–Trinajstić information content (AvgIpc) is 2.50. The Morgan fingerprint density at radius 3 is 2.62 bits per heavy atom. The van der Waals surface area contributed by atoms with Crippen molar-refractivity contribution in [1.29, 1.82) is 0 Å². The summed E-state index contributed by atoms with van der Waals surface area (Å²) in [4.78, 5) is 6.56. The molecule has 0 aliphatic carbocycles. The van der Waals surface area contributed by atoms with Crippen molar-refractivity contribution in [3.63, 3.8) is 0 Å². The Hall–Kier alpha value is -1.87. The van der Waals surface area contributed by atoms with Crippen molar-refractivity contribution in [2.24, 2.45) is 0 Å². The summed E-state index contributed by atoms with van der Waals surface area (Å²) in [6.45, 7) is 5.31. The second-order valence-corrected chi connectivity index (χ2v) is 5.77. The first-order valence-corrected chi connectivity index (χ1v) is 7.64. The minimum absolute atomic E-state index is 0.348. The van der Waals surface area contributed by atoms with Gasteiger partial charge in [0.1, 0.15) is 11.9 Å². The highest BCUT2D eigenvalue weighted by atomic mass is 16.5. The van der Waals surface area contributed by atoms with E-state index >= 15 is 0 Å². The molecule has 0 unspecified atom stereocenters. The molecule has 0 saturated carbocycles. The van der Waals surface area contributed by atoms with E-state index in [0.29, 0.717) is 6.10 Å². The number of benzene rings is 1. The number of hydrogen-bond acceptors (Lipinski definition) is 3. The van der Waals surface area contributed by atoms with Crippen molar-refractivity contribution >= 4 is 0 Å². The van der Waals surface area contributed by atoms with E-state index in [9.17, 15) is 0 Å². The van der Waals surface area contributed by atoms with Gasteiger partial charge in [-0.1, -0.05) is 12.1 Å². The maximum atomic E-state index is 6.10. The fraction of sp³-hybridized carbons (Fsp3) is 0.389. The average molecular weight is 282 g/mol. The summed E-state index contributed by atoms with van der Waals surface area (Å²) in [7, 11) is 0. The first-order chi connectivity index (χ1) is 10.3. The largest absolute Gasteiger partial charge is 0.490 e. The predicted molar refractivity (Wildman–Crippen MR) is 84.3 cm³/mol. The molecule has 1 aliphatic rings. The zero-order valence-corrected chi connectivity index (χ0v) is 12.5. The highest BCUT2D eigenvalue weighted by molar-refractivity contribution is 5.27. The second kappa shape index (κ2) is 6.72. The fourth-order valence-corrected chi connectivity index (χ4v) is 2.81. The number of nitrogens with zero attached hydrogens (tertiary/aromatic N) is 2. The number of aromatic nitrogens is 1. The van der Waals surface area contributed by atoms with Gasteiger partial charge in [0.05, 0.1) is 0 Å². The number of ether oxygens (including phenoxy) is 1. The van der Waals surface area contributed by atoms with E-state index in [-0.39, 0.29) is 0 Å². The third-order valence-corrected chi connectivity index (χ3v) is 3.98. The van der Waals surface area contributed by atoms with Crippen molar-refractivity contribution in [1.82, 2.24) is 9.88 Å². The van der Waals surface area contributed by atoms with Gasteiger partial charge in [-0.05, 0) is 55.2 Å². The smallest absolute Gasteiger partial charge is 0.119 e. The van der Waals surface area contributed by atoms with Crippen LogP contribution >= 0.6 is 0 Å². The number of piperidine rings is 1. The van der Waals surface area contributed by atoms with Crippen LogP contribution in [0.1, 0.15) is 24.0 Å². The van der Waals surface area contributed by atoms with Crippen molar-refractivity contribution in [3.8, 4) is 5.75 Å². The lowest BCUT2D eigenvalue weighted by atomic mass is 10.1. The van der Waals surface area contributed by atoms with E-state index in [1.165, 1.54) is 11.1 Å². The van der Waals surface area contributed by atoms with E-state index < -0.39 is 0 Å². The van der Waals surface area contributed by atoms with Gasteiger partial charge in [0, 0.05) is 32.0 Å². The van der Waals surface area contributed by atoms with Crippen LogP contribution in [0.2, 0.25) is 0 Å². The van der Waals surface area contributed by atoms with Crippen LogP contribution in [0.15, 0.2) is 48.8 Å². The van der Waals surface area contributed by atoms with Gasteiger partial charge in [-0.15, -0.1) is 0 Å². The molecule has 2 heterocycles. The van der Waals surface area contributed by atoms with Crippen LogP contribution in [-0.4, -0.2) is 29.1 Å². The van der Waals surface area contributed by atoms with E-state index in [1.54, 1.807) is 0 Å². The molecule has 2 aromatic rings. The van der Waals surface area contributed by atoms with E-state index in [4.69, 9.17) is 4.74 Å². The topological polar surface area (TPSA) is 25.4 Å². The molecule has 0 radical (unpaired) electrons. The maximum absolute atomic E-state index is 6.10. The van der Waals surface area contributed by atoms with Crippen LogP contribution in [0.4, 0.5) is 0 Å². The van der Waals surface area contributed by atoms with Crippen LogP contribution in [-0.2, 0) is 6.54 Å². The van der Waals surface area contributed by atoms with Crippen molar-refractivity contribution in [2.75, 3.05) is 13.1 Å². The minimum Gasteiger partial charge on any atom is -0.490 e. The third-order valence-electron chi connectivity index (χ3n) is 3.98. The van der Waals surface area contributed by atoms with E-state index in [0.717, 1.165) is 38.2 Å². The Kier molecular flexibility index (Phi) is 4.51. The van der Waals surface area contributed by atoms with Gasteiger partial charge in [0.2, 0.25) is 0 Å². The number of pyridine rings is 1. The van der Waals surface area contributed by atoms with Gasteiger partial charge in [0.15, 0.2) is 0 Å². The standard InChI is InChI=1S/C18H22N2O/c1-15-3-2-4-18(13-15)21-17-7-11-20(12-8-17)14-16-5-9-19-10-6-16/h2-6,9-10,13,17H,7-8,11-12,14H2,1H3. The zero-order chi connectivity index (χ0) is 14.5. The summed E-state index contributed by atoms with van der Waals surface area (Å²) in [6, 6.07) is 12.5. The number of likely N-dealkylation sites (tertiary alicyclic amines) is 1. The molecule has 0 atom stereocenters. The Bertz CT molecular complexity index is 562. The Balaban J connectivity index is 1.49. The number of aryl methyl sites for hydroxylation is 1. The van der Waals surface area contributed by atoms with Gasteiger partial charge in [-0.3, -0.25) is 9.88 Å². The highest BCUT2D eigenvalue weighted by Crippen LogP contribution is 2.20. The first kappa shape index (κ1) is 14.1. The predicted octanol–water partition coefficient (Wildman–Crippen LogP) is 3.43. The molecule has 1 saturated heterocycles. The SMILES string of the molecule is Cc1cccc(OC2CCN(Cc3ccncc3)CC2)c1. The minimum atomic E-state index is 0.348. The van der Waals surface area contributed by atoms with Crippen LogP contribution in [0, 0.1) is 6.92 Å². The molecule has 21 heavy (non-hydrogen) atoms. The summed E-state index contributed by atoms with van der Waals surface area (Å²) in [5.74, 6) is 1.00. The Morgan fingerprint density at radius 2 is 1.90 bits per heavy atom. The van der Waals surface area contributed by atoms with Crippen molar-refractivity contribution < 1.29 is 4.74 Å². The highest BCUT2D eigenvalue weighted by Gasteiger charge is 2.20. The molecule has 1 fully saturated rings. The molecule has 3 rings (SSSR count). The lowest BCUT2D eigenvalue weighted by Crippen LogP contribution is -2.37. The molecule has 3 heteroatoms. The van der Waals surface area contributed by atoms with Gasteiger partial charge < -0.3 is 4.74 Å². The summed E-state index contributed by atoms with van der Waals surface area (Å²) < 4.78 is 6.10. The summed E-state index contributed by atoms with van der Waals surface area (Å²) in [5, 5.41) is 0. The van der Waals surface area contributed by atoms with Crippen LogP contribution < -0.4 is 4.74 Å². The maximum Gasteiger partial charge on any atom is 0.119 e. The summed E-state index contributed by atoms with van der Waals surface area (Å²) >= 11 is 0. The van der Waals surface area contributed by atoms with Gasteiger partial charge in [-0.2, -0.15) is 0 Å². The molecule has 0 spiro atoms. The Labute approximate surface area is 126 Å². The van der Waals surface area contributed by atoms with Gasteiger partial charge in [0.25, 0.3) is 0 Å². The molecule has 110 valence electrons. The normalized spacial score (nSPS) is 16.8. The van der Waals surface area contributed by atoms with E-state index in [2.05, 4.69) is 53.2 Å². The van der Waals surface area contributed by atoms with E-state index in [1.807, 2.05) is 12.4 Å². The quantitative estimate of drug-likeness (QED) is 0.859. The van der Waals surface area contributed by atoms with Crippen molar-refractivity contribution in [3.05, 3.63) is 59.9 Å². The van der Waals surface area contributed by atoms with Gasteiger partial charge >= 0.3 is 0 Å². The molecule has 3 nitrogen and oxygen atoms in total. The molecule has 1 aromatic heterocycles. The Morgan fingerprint density at radius 1 is 1.14 bits per heavy atom. The van der Waals surface area contributed by atoms with Crippen molar-refractivity contribution in [2.45, 2.75) is 32.4 Å². The zero-order valence-electron chi connectivity index (χ0n) is 12.5. The van der Waals surface area contributed by atoms with Crippen LogP contribution in [0.25, 0.3) is 0 Å². The van der Waals surface area contributed by atoms with Gasteiger partial charge in [-0.25, -0.2) is 0 Å². The lowest BCUT2D eigenvalue weighted by Gasteiger charge is -2.32. The molecular weight excluding hydrogens is 260 g/mol. The number of hydrogen-bond donors (Lipinski definition) is 0. The molecule has 1 aromatic carbocycles. The molecule has 0 N–H and O–H groups in total. The number of rotatable bonds is 4. The second-order valence-electron chi connectivity index (χ2n) is 5.77. The lowest BCUT2D eigenvalue weighted by molar-refractivity contribution is 0.0967.